The molecule has 2 unspecified atom stereocenters. The molecule has 137 heavy (non-hydrogen) atoms. The molecule has 18 rings (SSSR count). The van der Waals surface area contributed by atoms with Crippen LogP contribution in [0.25, 0.3) is 79.0 Å². The van der Waals surface area contributed by atoms with Crippen molar-refractivity contribution in [1.29, 1.82) is 0 Å². The Kier molecular flexibility index (Phi) is 26.1. The normalized spacial score (nSPS) is 18.1. The summed E-state index contributed by atoms with van der Waals surface area (Å²) in [5, 5.41) is 80.8. The molecule has 0 fully saturated rings. The van der Waals surface area contributed by atoms with Crippen molar-refractivity contribution in [2.24, 2.45) is 30.0 Å². The maximum atomic E-state index is 18.0. The SMILES string of the molecule is C=CC1=C(C)C2=Cc3c(C)c(CCC(=O)O)c4[n]3[Sn]([F])([F])[n]3c(c(C)c(CC)c3=CC3=NC(=C4)C(CCC(=O)O)=C3C)=CC1=N2.C=CC1=C(C)C2=NC1=Cc1c(C)c(C=C)c3[n]1[Sn]([F])([F])[n]1c(c(C)c(CCC(=O)O)c1=CC1=NC(=C3)C(C)=C1CCC(=O)O)=C2.CC1=C(CCC(=O)O)C2=NC1=Cc1c(C(C)O)c(C)c3[n]1[Sn]([F])([F])[n]1c(c(C)c(CCC(=O)O)c1=C2)=CC1=NC(=C3)C(C(C)O)=C1C. The quantitative estimate of drug-likeness (QED) is 0.0206. The van der Waals surface area contributed by atoms with E-state index >= 15 is 17.2 Å². The van der Waals surface area contributed by atoms with Gasteiger partial charge in [0.1, 0.15) is 0 Å². The number of nitrogens with zero attached hydrogens (tertiary/aromatic N) is 12. The molecule has 12 aliphatic heterocycles. The first-order valence-corrected chi connectivity index (χ1v) is 59.1. The van der Waals surface area contributed by atoms with Gasteiger partial charge in [-0.1, -0.05) is 0 Å². The van der Waals surface area contributed by atoms with Crippen LogP contribution in [0.5, 0.6) is 0 Å². The van der Waals surface area contributed by atoms with Gasteiger partial charge in [0, 0.05) is 0 Å². The third kappa shape index (κ3) is 16.5. The Labute approximate surface area is 802 Å². The van der Waals surface area contributed by atoms with Crippen LogP contribution in [-0.4, -0.2) is 194 Å². The van der Waals surface area contributed by atoms with Crippen molar-refractivity contribution in [3.63, 3.8) is 0 Å². The number of carboxylic acid groups (broad SMARTS) is 6. The van der Waals surface area contributed by atoms with Crippen LogP contribution in [0.1, 0.15) is 227 Å². The molecule has 6 aromatic rings. The second-order valence-corrected chi connectivity index (χ2v) is 52.2. The second kappa shape index (κ2) is 36.6. The molecule has 2 atom stereocenters. The molecule has 0 amide bonds. The van der Waals surface area contributed by atoms with Crippen LogP contribution in [-0.2, 0) is 54.5 Å². The second-order valence-electron chi connectivity index (χ2n) is 35.8. The van der Waals surface area contributed by atoms with Crippen LogP contribution in [0.15, 0.2) is 163 Å². The fraction of sp³-hybridized carbons (Fsp3) is 0.294. The Morgan fingerprint density at radius 2 is 0.664 bits per heavy atom. The molecule has 26 nitrogen and oxygen atoms in total. The predicted molar refractivity (Wildman–Crippen MR) is 525 cm³/mol. The van der Waals surface area contributed by atoms with Gasteiger partial charge in [0.05, 0.1) is 0 Å². The van der Waals surface area contributed by atoms with Gasteiger partial charge in [-0.25, -0.2) is 0 Å². The monoisotopic (exact) mass is 2190 g/mol. The van der Waals surface area contributed by atoms with E-state index in [9.17, 15) is 69.6 Å². The number of fused-ring (bicyclic) bond motifs is 6. The molecule has 0 saturated heterocycles. The van der Waals surface area contributed by atoms with Crippen molar-refractivity contribution in [1.82, 2.24) is 16.7 Å². The van der Waals surface area contributed by atoms with Gasteiger partial charge in [-0.05, 0) is 0 Å². The van der Waals surface area contributed by atoms with Crippen LogP contribution in [0.4, 0.5) is 17.2 Å². The number of aromatic nitrogens is 6. The first-order chi connectivity index (χ1) is 64.6. The number of aliphatic hydroxyl groups is 2. The Bertz CT molecular complexity index is 7740. The molecule has 35 heteroatoms. The van der Waals surface area contributed by atoms with Gasteiger partial charge in [-0.2, -0.15) is 0 Å². The number of aliphatic imine (C=N–C) groups is 6. The molecule has 0 aliphatic carbocycles. The third-order valence-electron chi connectivity index (χ3n) is 27.9. The van der Waals surface area contributed by atoms with Crippen LogP contribution in [0, 0.1) is 41.5 Å². The van der Waals surface area contributed by atoms with Gasteiger partial charge < -0.3 is 0 Å². The topological polar surface area (TPSA) is 368 Å². The van der Waals surface area contributed by atoms with E-state index in [1.165, 1.54) is 15.3 Å². The molecule has 18 bridgehead atoms. The number of allylic oxidation sites excluding steroid dienone is 12. The first-order valence-electron chi connectivity index (χ1n) is 45.0. The van der Waals surface area contributed by atoms with Crippen molar-refractivity contribution < 1.29 is 86.8 Å². The number of hydrogen-bond acceptors (Lipinski definition) is 14. The summed E-state index contributed by atoms with van der Waals surface area (Å²) in [6.45, 7) is 38.6. The van der Waals surface area contributed by atoms with E-state index in [0.717, 1.165) is 47.4 Å². The summed E-state index contributed by atoms with van der Waals surface area (Å²) in [6, 6.07) is 0. The number of carboxylic acids is 6. The van der Waals surface area contributed by atoms with Gasteiger partial charge in [-0.3, -0.25) is 0 Å². The number of hydrogen-bond donors (Lipinski definition) is 8. The molecule has 0 spiro atoms. The van der Waals surface area contributed by atoms with Crippen molar-refractivity contribution in [3.8, 4) is 0 Å². The van der Waals surface area contributed by atoms with E-state index in [1.54, 1.807) is 147 Å². The van der Waals surface area contributed by atoms with Crippen molar-refractivity contribution in [2.45, 2.75) is 200 Å². The predicted octanol–water partition coefficient (Wildman–Crippen LogP) is 14.1. The Hall–Kier alpha value is -12.3. The van der Waals surface area contributed by atoms with E-state index in [1.807, 2.05) is 41.5 Å². The Morgan fingerprint density at radius 1 is 0.321 bits per heavy atom. The van der Waals surface area contributed by atoms with Crippen LogP contribution in [0.2, 0.25) is 0 Å². The molecule has 12 aliphatic rings. The zero-order chi connectivity index (χ0) is 99.3. The number of halogens is 6. The van der Waals surface area contributed by atoms with E-state index in [2.05, 4.69) is 19.7 Å². The molecular formula is C102H102F6N12O14Sn3. The summed E-state index contributed by atoms with van der Waals surface area (Å²) >= 11 is -20.5. The van der Waals surface area contributed by atoms with Crippen LogP contribution < -0.4 is 32.1 Å². The number of aliphatic hydroxyl groups excluding tert-OH is 2. The molecule has 6 aromatic heterocycles. The van der Waals surface area contributed by atoms with Gasteiger partial charge in [-0.15, -0.1) is 0 Å². The Morgan fingerprint density at radius 3 is 1.14 bits per heavy atom. The Balaban J connectivity index is 0.000000149. The van der Waals surface area contributed by atoms with Gasteiger partial charge in [0.2, 0.25) is 0 Å². The van der Waals surface area contributed by atoms with Crippen molar-refractivity contribution in [3.05, 3.63) is 266 Å². The zero-order valence-electron chi connectivity index (χ0n) is 78.3. The standard InChI is InChI=1S/C34H38N4O6.C34H36N4O4.C34H34N4O4.6FH.3Sn/c1-15-21(7-9-31(41)42)27-14-28-22(8-10-32(43)44)16(2)24(36-28)12-29-34(20(6)40)18(4)26(38-29)13-30-33(19(5)39)17(3)25(37-30)11-23(15)35-27;2*1-7-21-17(3)25-13-26-19(5)23(9-11-33(39)40)31(37-26)16-32-24(10-12-34(41)42)20(6)28(38-32)15-30-22(8-2)18(4)27(36-30)14-29(21)35-25;;;;;;;;;/h11-14,19-20,39-40H,7-10H2,1-6H3,(H4,35,36,37,38,41,42,43,44);7,13-16H,1,8-12H2,2-6H3,(H4,35,36,37,38,39,40,41,42);7-8,13-16H,1-2,9-12H2,3-6H3,(H4,35,36,37,38,39,40,41,42);6*1H;;;/q;;;;;;;;;3*+4/p-12. The minimum atomic E-state index is -6.96. The van der Waals surface area contributed by atoms with Gasteiger partial charge in [0.15, 0.2) is 0 Å². The fourth-order valence-corrected chi connectivity index (χ4v) is 39.9. The van der Waals surface area contributed by atoms with E-state index < -0.39 is 108 Å². The van der Waals surface area contributed by atoms with E-state index in [-0.39, 0.29) is 121 Å². The average molecular weight is 2190 g/mol. The first kappa shape index (κ1) is 97.8. The summed E-state index contributed by atoms with van der Waals surface area (Å²) in [5.74, 6) is -6.12. The van der Waals surface area contributed by atoms with Gasteiger partial charge in [0.25, 0.3) is 0 Å². The molecular weight excluding hydrogens is 2090 g/mol. The van der Waals surface area contributed by atoms with Crippen molar-refractivity contribution in [2.75, 3.05) is 0 Å². The number of aliphatic carboxylic acids is 6. The van der Waals surface area contributed by atoms with Crippen LogP contribution >= 0.6 is 0 Å². The third-order valence-corrected chi connectivity index (χ3v) is 45.4. The van der Waals surface area contributed by atoms with Crippen LogP contribution in [0.3, 0.4) is 0 Å². The number of carbonyl (C=O) groups is 6. The van der Waals surface area contributed by atoms with Crippen molar-refractivity contribution >= 4 is 209 Å². The summed E-state index contributed by atoms with van der Waals surface area (Å²) in [6.07, 6.45) is 22.3. The maximum absolute atomic E-state index is 18.0. The fourth-order valence-electron chi connectivity index (χ4n) is 20.9. The summed E-state index contributed by atoms with van der Waals surface area (Å²) in [4.78, 5) is 99.3. The molecule has 0 aromatic carbocycles. The van der Waals surface area contributed by atoms with Gasteiger partial charge >= 0.3 is 808 Å². The number of rotatable bonds is 24. The zero-order valence-corrected chi connectivity index (χ0v) is 86.9. The molecule has 18 heterocycles. The summed E-state index contributed by atoms with van der Waals surface area (Å²) in [7, 11) is 0. The molecule has 0 saturated carbocycles. The molecule has 708 valence electrons. The summed E-state index contributed by atoms with van der Waals surface area (Å²) < 4.78 is 115. The van der Waals surface area contributed by atoms with E-state index in [4.69, 9.17) is 30.0 Å². The minimum absolute atomic E-state index is 0.0248. The average Bonchev–Trinajstić information content (AvgIpc) is 1.56. The van der Waals surface area contributed by atoms with E-state index in [0.29, 0.717) is 192 Å². The molecule has 0 radical (unpaired) electrons. The summed E-state index contributed by atoms with van der Waals surface area (Å²) in [5.41, 5.74) is 21.6. The molecule has 8 N–H and O–H groups in total.